The van der Waals surface area contributed by atoms with Crippen LogP contribution in [0.4, 0.5) is 5.82 Å². The minimum Gasteiger partial charge on any atom is -0.381 e. The highest BCUT2D eigenvalue weighted by molar-refractivity contribution is 6.33. The van der Waals surface area contributed by atoms with Crippen LogP contribution in [-0.4, -0.2) is 9.78 Å². The zero-order valence-corrected chi connectivity index (χ0v) is 11.6. The Bertz CT molecular complexity index is 470. The predicted octanol–water partition coefficient (Wildman–Crippen LogP) is 3.12. The van der Waals surface area contributed by atoms with Crippen molar-refractivity contribution in [1.82, 2.24) is 9.78 Å². The third-order valence-corrected chi connectivity index (χ3v) is 5.93. The number of hydrogen-bond donors (Lipinski definition) is 1. The number of halogens is 1. The first-order valence-corrected chi connectivity index (χ1v) is 7.43. The van der Waals surface area contributed by atoms with Gasteiger partial charge in [0, 0.05) is 12.5 Å². The van der Waals surface area contributed by atoms with Gasteiger partial charge in [-0.25, -0.2) is 0 Å². The number of rotatable bonds is 1. The number of anilines is 1. The molecule has 4 aliphatic carbocycles. The van der Waals surface area contributed by atoms with Crippen LogP contribution >= 0.6 is 11.6 Å². The Kier molecular flexibility index (Phi) is 2.13. The molecular weight excluding hydrogens is 246 g/mol. The number of nitrogen functional groups attached to an aromatic ring is 1. The molecule has 0 saturated heterocycles. The van der Waals surface area contributed by atoms with Gasteiger partial charge >= 0.3 is 0 Å². The molecule has 5 rings (SSSR count). The summed E-state index contributed by atoms with van der Waals surface area (Å²) in [6.07, 6.45) is 8.26. The molecule has 2 N–H and O–H groups in total. The largest absolute Gasteiger partial charge is 0.381 e. The molecule has 0 spiro atoms. The second-order valence-electron chi connectivity index (χ2n) is 6.87. The molecule has 3 nitrogen and oxygen atoms in total. The van der Waals surface area contributed by atoms with E-state index in [1.165, 1.54) is 44.2 Å². The third kappa shape index (κ3) is 1.34. The van der Waals surface area contributed by atoms with E-state index in [-0.39, 0.29) is 5.41 Å². The number of nitrogens with zero attached hydrogens (tertiary/aromatic N) is 2. The molecule has 0 amide bonds. The van der Waals surface area contributed by atoms with Crippen LogP contribution in [0.3, 0.4) is 0 Å². The maximum absolute atomic E-state index is 6.44. The fourth-order valence-corrected chi connectivity index (χ4v) is 5.86. The van der Waals surface area contributed by atoms with Crippen molar-refractivity contribution in [1.29, 1.82) is 0 Å². The Morgan fingerprint density at radius 2 is 1.67 bits per heavy atom. The van der Waals surface area contributed by atoms with E-state index in [0.29, 0.717) is 5.82 Å². The van der Waals surface area contributed by atoms with Crippen molar-refractivity contribution in [2.75, 3.05) is 5.73 Å². The Balaban J connectivity index is 1.84. The number of nitrogens with two attached hydrogens (primary N) is 1. The second kappa shape index (κ2) is 3.44. The van der Waals surface area contributed by atoms with Crippen molar-refractivity contribution in [3.05, 3.63) is 10.7 Å². The third-order valence-electron chi connectivity index (χ3n) is 5.55. The van der Waals surface area contributed by atoms with Crippen molar-refractivity contribution < 1.29 is 0 Å². The van der Waals surface area contributed by atoms with Gasteiger partial charge in [0.25, 0.3) is 0 Å². The van der Waals surface area contributed by atoms with Crippen LogP contribution in [0.5, 0.6) is 0 Å². The molecule has 18 heavy (non-hydrogen) atoms. The summed E-state index contributed by atoms with van der Waals surface area (Å²) in [6.45, 7) is 0. The van der Waals surface area contributed by atoms with Crippen molar-refractivity contribution in [2.45, 2.75) is 43.9 Å². The summed E-state index contributed by atoms with van der Waals surface area (Å²) in [5.74, 6) is 3.26. The maximum atomic E-state index is 6.44. The monoisotopic (exact) mass is 265 g/mol. The van der Waals surface area contributed by atoms with Crippen molar-refractivity contribution >= 4 is 17.4 Å². The summed E-state index contributed by atoms with van der Waals surface area (Å²) in [5.41, 5.74) is 7.40. The van der Waals surface area contributed by atoms with E-state index < -0.39 is 0 Å². The first-order valence-electron chi connectivity index (χ1n) is 7.06. The Hall–Kier alpha value is -0.700. The van der Waals surface area contributed by atoms with Gasteiger partial charge in [-0.15, -0.1) is 0 Å². The van der Waals surface area contributed by atoms with Crippen molar-refractivity contribution in [2.24, 2.45) is 24.8 Å². The van der Waals surface area contributed by atoms with E-state index in [1.807, 2.05) is 11.7 Å². The molecule has 4 fully saturated rings. The number of hydrogen-bond acceptors (Lipinski definition) is 2. The van der Waals surface area contributed by atoms with Crippen molar-refractivity contribution in [3.63, 3.8) is 0 Å². The lowest BCUT2D eigenvalue weighted by Crippen LogP contribution is -2.49. The van der Waals surface area contributed by atoms with Gasteiger partial charge in [-0.3, -0.25) is 4.68 Å². The minimum absolute atomic E-state index is 0.283. The lowest BCUT2D eigenvalue weighted by Gasteiger charge is -2.56. The zero-order valence-electron chi connectivity index (χ0n) is 10.8. The Morgan fingerprint density at radius 1 is 1.17 bits per heavy atom. The molecule has 4 saturated carbocycles. The lowest BCUT2D eigenvalue weighted by molar-refractivity contribution is -0.00882. The minimum atomic E-state index is 0.283. The van der Waals surface area contributed by atoms with E-state index >= 15 is 0 Å². The summed E-state index contributed by atoms with van der Waals surface area (Å²) >= 11 is 6.44. The van der Waals surface area contributed by atoms with E-state index in [4.69, 9.17) is 17.3 Å². The summed E-state index contributed by atoms with van der Waals surface area (Å²) in [7, 11) is 2.00. The fraction of sp³-hybridized carbons (Fsp3) is 0.786. The highest BCUT2D eigenvalue weighted by Gasteiger charge is 2.53. The molecule has 1 heterocycles. The average Bonchev–Trinajstić information content (AvgIpc) is 2.51. The number of aromatic nitrogens is 2. The highest BCUT2D eigenvalue weighted by atomic mass is 35.5. The van der Waals surface area contributed by atoms with E-state index in [9.17, 15) is 0 Å². The van der Waals surface area contributed by atoms with Crippen LogP contribution in [0.1, 0.15) is 44.2 Å². The normalized spacial score (nSPS) is 41.6. The summed E-state index contributed by atoms with van der Waals surface area (Å²) in [6, 6.07) is 0. The van der Waals surface area contributed by atoms with Gasteiger partial charge in [-0.1, -0.05) is 11.6 Å². The molecule has 98 valence electrons. The Labute approximate surface area is 113 Å². The first-order chi connectivity index (χ1) is 8.57. The van der Waals surface area contributed by atoms with Crippen LogP contribution < -0.4 is 5.73 Å². The van der Waals surface area contributed by atoms with Gasteiger partial charge in [0.05, 0.1) is 5.69 Å². The molecule has 4 heteroatoms. The van der Waals surface area contributed by atoms with Crippen LogP contribution in [0.2, 0.25) is 5.02 Å². The van der Waals surface area contributed by atoms with Gasteiger partial charge in [-0.2, -0.15) is 5.10 Å². The molecule has 0 atom stereocenters. The molecule has 0 aliphatic heterocycles. The molecule has 1 aromatic heterocycles. The zero-order chi connectivity index (χ0) is 12.5. The van der Waals surface area contributed by atoms with Gasteiger partial charge < -0.3 is 5.73 Å². The summed E-state index contributed by atoms with van der Waals surface area (Å²) in [5, 5.41) is 5.05. The quantitative estimate of drug-likeness (QED) is 0.848. The fourth-order valence-electron chi connectivity index (χ4n) is 5.50. The molecule has 0 aromatic carbocycles. The van der Waals surface area contributed by atoms with Gasteiger partial charge in [0.2, 0.25) is 0 Å². The van der Waals surface area contributed by atoms with Gasteiger partial charge in [0.1, 0.15) is 5.02 Å². The SMILES string of the molecule is Cn1nc(N)c(Cl)c1C12CC3CC(CC(C3)C1)C2. The van der Waals surface area contributed by atoms with Crippen LogP contribution in [0, 0.1) is 17.8 Å². The first kappa shape index (κ1) is 11.2. The lowest BCUT2D eigenvalue weighted by atomic mass is 9.49. The average molecular weight is 266 g/mol. The molecule has 4 bridgehead atoms. The summed E-state index contributed by atoms with van der Waals surface area (Å²) < 4.78 is 1.95. The summed E-state index contributed by atoms with van der Waals surface area (Å²) in [4.78, 5) is 0. The van der Waals surface area contributed by atoms with Gasteiger partial charge in [0.15, 0.2) is 5.82 Å². The molecule has 0 unspecified atom stereocenters. The molecular formula is C14H20ClN3. The smallest absolute Gasteiger partial charge is 0.164 e. The van der Waals surface area contributed by atoms with Crippen molar-refractivity contribution in [3.8, 4) is 0 Å². The van der Waals surface area contributed by atoms with E-state index in [1.54, 1.807) is 0 Å². The van der Waals surface area contributed by atoms with Crippen LogP contribution in [0.15, 0.2) is 0 Å². The molecule has 0 radical (unpaired) electrons. The van der Waals surface area contributed by atoms with Gasteiger partial charge in [-0.05, 0) is 56.3 Å². The second-order valence-corrected chi connectivity index (χ2v) is 7.25. The molecule has 1 aromatic rings. The van der Waals surface area contributed by atoms with Crippen LogP contribution in [0.25, 0.3) is 0 Å². The standard InChI is InChI=1S/C14H20ClN3/c1-18-12(11(15)13(16)17-18)14-5-8-2-9(6-14)4-10(3-8)7-14/h8-10H,2-7H2,1H3,(H2,16,17). The van der Waals surface area contributed by atoms with E-state index in [2.05, 4.69) is 5.10 Å². The Morgan fingerprint density at radius 3 is 2.06 bits per heavy atom. The van der Waals surface area contributed by atoms with Crippen LogP contribution in [-0.2, 0) is 12.5 Å². The topological polar surface area (TPSA) is 43.8 Å². The molecule has 4 aliphatic rings. The maximum Gasteiger partial charge on any atom is 0.164 e. The predicted molar refractivity (Wildman–Crippen MR) is 72.5 cm³/mol. The highest BCUT2D eigenvalue weighted by Crippen LogP contribution is 2.61. The van der Waals surface area contributed by atoms with E-state index in [0.717, 1.165) is 22.8 Å². The number of aryl methyl sites for hydroxylation is 1.